The molecule has 0 radical (unpaired) electrons. The summed E-state index contributed by atoms with van der Waals surface area (Å²) in [6.07, 6.45) is 2.25. The zero-order chi connectivity index (χ0) is 19.2. The summed E-state index contributed by atoms with van der Waals surface area (Å²) in [7, 11) is 0.591. The van der Waals surface area contributed by atoms with Crippen LogP contribution in [-0.4, -0.2) is 39.6 Å². The van der Waals surface area contributed by atoms with Gasteiger partial charge < -0.3 is 10.2 Å². The van der Waals surface area contributed by atoms with E-state index < -0.39 is 9.84 Å². The average molecular weight is 374 g/mol. The summed E-state index contributed by atoms with van der Waals surface area (Å²) in [5.41, 5.74) is 3.56. The number of aryl methyl sites for hydroxylation is 1. The lowest BCUT2D eigenvalue weighted by Gasteiger charge is -2.22. The van der Waals surface area contributed by atoms with Gasteiger partial charge in [-0.2, -0.15) is 0 Å². The van der Waals surface area contributed by atoms with Gasteiger partial charge in [-0.05, 0) is 35.2 Å². The normalized spacial score (nSPS) is 12.1. The molecule has 140 valence electrons. The van der Waals surface area contributed by atoms with Crippen LogP contribution in [0.4, 0.5) is 0 Å². The molecule has 0 heterocycles. The van der Waals surface area contributed by atoms with Gasteiger partial charge in [-0.1, -0.05) is 43.3 Å². The first-order valence-electron chi connectivity index (χ1n) is 8.62. The quantitative estimate of drug-likeness (QED) is 0.625. The molecule has 0 saturated carbocycles. The Labute approximate surface area is 156 Å². The SMILES string of the molecule is CCc1ccc(CN(C)C(=NC)NCc2ccc(S(C)(=O)=O)cc2)cc1. The van der Waals surface area contributed by atoms with E-state index in [0.717, 1.165) is 24.5 Å². The van der Waals surface area contributed by atoms with Crippen LogP contribution in [0.2, 0.25) is 0 Å². The molecule has 0 fully saturated rings. The number of nitrogens with zero attached hydrogens (tertiary/aromatic N) is 2. The highest BCUT2D eigenvalue weighted by Crippen LogP contribution is 2.11. The maximum atomic E-state index is 11.5. The third-order valence-electron chi connectivity index (χ3n) is 4.23. The molecule has 5 nitrogen and oxygen atoms in total. The fraction of sp³-hybridized carbons (Fsp3) is 0.350. The highest BCUT2D eigenvalue weighted by Gasteiger charge is 2.08. The van der Waals surface area contributed by atoms with Crippen molar-refractivity contribution in [1.82, 2.24) is 10.2 Å². The molecule has 0 unspecified atom stereocenters. The van der Waals surface area contributed by atoms with Crippen LogP contribution in [0.15, 0.2) is 58.4 Å². The van der Waals surface area contributed by atoms with Gasteiger partial charge in [-0.15, -0.1) is 0 Å². The van der Waals surface area contributed by atoms with Crippen LogP contribution in [0.5, 0.6) is 0 Å². The monoisotopic (exact) mass is 373 g/mol. The van der Waals surface area contributed by atoms with Crippen molar-refractivity contribution < 1.29 is 8.42 Å². The standard InChI is InChI=1S/C20H27N3O2S/c1-5-16-6-8-18(9-7-16)15-23(3)20(21-2)22-14-17-10-12-19(13-11-17)26(4,24)25/h6-13H,5,14-15H2,1-4H3,(H,21,22). The van der Waals surface area contributed by atoms with Gasteiger partial charge in [-0.25, -0.2) is 8.42 Å². The van der Waals surface area contributed by atoms with Crippen molar-refractivity contribution in [1.29, 1.82) is 0 Å². The molecule has 2 rings (SSSR count). The van der Waals surface area contributed by atoms with E-state index in [9.17, 15) is 8.42 Å². The van der Waals surface area contributed by atoms with Gasteiger partial charge in [0.25, 0.3) is 0 Å². The molecule has 0 spiro atoms. The molecule has 6 heteroatoms. The van der Waals surface area contributed by atoms with Crippen molar-refractivity contribution in [2.24, 2.45) is 4.99 Å². The highest BCUT2D eigenvalue weighted by molar-refractivity contribution is 7.90. The van der Waals surface area contributed by atoms with Crippen LogP contribution in [0.25, 0.3) is 0 Å². The van der Waals surface area contributed by atoms with E-state index >= 15 is 0 Å². The van der Waals surface area contributed by atoms with Crippen LogP contribution in [0, 0.1) is 0 Å². The van der Waals surface area contributed by atoms with Gasteiger partial charge in [0.1, 0.15) is 0 Å². The fourth-order valence-corrected chi connectivity index (χ4v) is 3.28. The summed E-state index contributed by atoms with van der Waals surface area (Å²) >= 11 is 0. The van der Waals surface area contributed by atoms with Gasteiger partial charge in [0, 0.05) is 33.4 Å². The van der Waals surface area contributed by atoms with Gasteiger partial charge >= 0.3 is 0 Å². The Hall–Kier alpha value is -2.34. The largest absolute Gasteiger partial charge is 0.352 e. The Morgan fingerprint density at radius 2 is 1.54 bits per heavy atom. The fourth-order valence-electron chi connectivity index (χ4n) is 2.65. The van der Waals surface area contributed by atoms with E-state index in [-0.39, 0.29) is 0 Å². The minimum Gasteiger partial charge on any atom is -0.352 e. The topological polar surface area (TPSA) is 61.8 Å². The first kappa shape index (κ1) is 20.0. The number of sulfone groups is 1. The van der Waals surface area contributed by atoms with Crippen LogP contribution in [0.3, 0.4) is 0 Å². The summed E-state index contributed by atoms with van der Waals surface area (Å²) in [6, 6.07) is 15.5. The molecule has 0 aliphatic rings. The zero-order valence-corrected chi connectivity index (χ0v) is 16.7. The molecule has 0 bridgehead atoms. The van der Waals surface area contributed by atoms with E-state index in [1.165, 1.54) is 17.4 Å². The molecule has 2 aromatic rings. The summed E-state index contributed by atoms with van der Waals surface area (Å²) in [5.74, 6) is 0.789. The summed E-state index contributed by atoms with van der Waals surface area (Å²) in [6.45, 7) is 3.49. The summed E-state index contributed by atoms with van der Waals surface area (Å²) in [4.78, 5) is 6.72. The maximum Gasteiger partial charge on any atom is 0.193 e. The minimum absolute atomic E-state index is 0.332. The zero-order valence-electron chi connectivity index (χ0n) is 15.9. The molecule has 0 saturated heterocycles. The van der Waals surface area contributed by atoms with Crippen molar-refractivity contribution in [3.63, 3.8) is 0 Å². The summed E-state index contributed by atoms with van der Waals surface area (Å²) in [5, 5.41) is 3.31. The number of rotatable bonds is 6. The van der Waals surface area contributed by atoms with E-state index in [4.69, 9.17) is 0 Å². The van der Waals surface area contributed by atoms with Crippen LogP contribution >= 0.6 is 0 Å². The van der Waals surface area contributed by atoms with E-state index in [1.54, 1.807) is 19.2 Å². The first-order chi connectivity index (χ1) is 12.3. The second-order valence-electron chi connectivity index (χ2n) is 6.34. The molecule has 0 amide bonds. The lowest BCUT2D eigenvalue weighted by molar-refractivity contribution is 0.476. The number of guanidine groups is 1. The van der Waals surface area contributed by atoms with E-state index in [2.05, 4.69) is 46.4 Å². The van der Waals surface area contributed by atoms with Crippen LogP contribution in [0.1, 0.15) is 23.6 Å². The third kappa shape index (κ3) is 5.59. The van der Waals surface area contributed by atoms with Crippen LogP contribution in [-0.2, 0) is 29.3 Å². The molecule has 2 aromatic carbocycles. The van der Waals surface area contributed by atoms with Crippen molar-refractivity contribution in [2.45, 2.75) is 31.3 Å². The molecule has 0 aliphatic heterocycles. The Bertz CT molecular complexity index is 842. The maximum absolute atomic E-state index is 11.5. The van der Waals surface area contributed by atoms with Gasteiger partial charge in [-0.3, -0.25) is 4.99 Å². The predicted molar refractivity (Wildman–Crippen MR) is 107 cm³/mol. The Kier molecular flexibility index (Phi) is 6.80. The second kappa shape index (κ2) is 8.85. The smallest absolute Gasteiger partial charge is 0.193 e. The Morgan fingerprint density at radius 3 is 2.04 bits per heavy atom. The van der Waals surface area contributed by atoms with Crippen molar-refractivity contribution in [2.75, 3.05) is 20.4 Å². The number of benzene rings is 2. The van der Waals surface area contributed by atoms with Crippen molar-refractivity contribution >= 4 is 15.8 Å². The first-order valence-corrected chi connectivity index (χ1v) is 10.5. The molecule has 0 atom stereocenters. The molecule has 1 N–H and O–H groups in total. The molecular formula is C20H27N3O2S. The summed E-state index contributed by atoms with van der Waals surface area (Å²) < 4.78 is 23.0. The van der Waals surface area contributed by atoms with Crippen molar-refractivity contribution in [3.8, 4) is 0 Å². The number of hydrogen-bond acceptors (Lipinski definition) is 3. The minimum atomic E-state index is -3.16. The lowest BCUT2D eigenvalue weighted by atomic mass is 10.1. The average Bonchev–Trinajstić information content (AvgIpc) is 2.62. The molecule has 0 aliphatic carbocycles. The van der Waals surface area contributed by atoms with E-state index in [0.29, 0.717) is 11.4 Å². The highest BCUT2D eigenvalue weighted by atomic mass is 32.2. The lowest BCUT2D eigenvalue weighted by Crippen LogP contribution is -2.38. The number of aliphatic imine (C=N–C) groups is 1. The number of nitrogens with one attached hydrogen (secondary N) is 1. The van der Waals surface area contributed by atoms with Gasteiger partial charge in [0.2, 0.25) is 0 Å². The predicted octanol–water partition coefficient (Wildman–Crippen LogP) is 2.86. The third-order valence-corrected chi connectivity index (χ3v) is 5.35. The van der Waals surface area contributed by atoms with E-state index in [1.807, 2.05) is 19.2 Å². The van der Waals surface area contributed by atoms with Gasteiger partial charge in [0.05, 0.1) is 4.90 Å². The second-order valence-corrected chi connectivity index (χ2v) is 8.36. The van der Waals surface area contributed by atoms with Crippen LogP contribution < -0.4 is 5.32 Å². The van der Waals surface area contributed by atoms with Gasteiger partial charge in [0.15, 0.2) is 15.8 Å². The molecular weight excluding hydrogens is 346 g/mol. The molecule has 0 aromatic heterocycles. The van der Waals surface area contributed by atoms with Crippen molar-refractivity contribution in [3.05, 3.63) is 65.2 Å². The number of hydrogen-bond donors (Lipinski definition) is 1. The Morgan fingerprint density at radius 1 is 1.00 bits per heavy atom. The molecule has 26 heavy (non-hydrogen) atoms. The Balaban J connectivity index is 1.95.